The van der Waals surface area contributed by atoms with Crippen molar-refractivity contribution in [3.8, 4) is 0 Å². The third kappa shape index (κ3) is 3.12. The monoisotopic (exact) mass is 350 g/mol. The second-order valence-electron chi connectivity index (χ2n) is 5.37. The van der Waals surface area contributed by atoms with Crippen LogP contribution >= 0.6 is 0 Å². The van der Waals surface area contributed by atoms with E-state index in [0.717, 1.165) is 12.1 Å². The Hall–Kier alpha value is -3.10. The predicted molar refractivity (Wildman–Crippen MR) is 84.5 cm³/mol. The van der Waals surface area contributed by atoms with Crippen LogP contribution in [0.1, 0.15) is 16.8 Å². The molecule has 0 aliphatic rings. The molecule has 0 atom stereocenters. The molecule has 0 spiro atoms. The van der Waals surface area contributed by atoms with E-state index >= 15 is 0 Å². The third-order valence-corrected chi connectivity index (χ3v) is 3.76. The molecule has 9 heteroatoms. The molecule has 0 saturated heterocycles. The van der Waals surface area contributed by atoms with Crippen molar-refractivity contribution in [2.24, 2.45) is 0 Å². The van der Waals surface area contributed by atoms with Crippen LogP contribution in [0.4, 0.5) is 18.9 Å². The highest BCUT2D eigenvalue weighted by Crippen LogP contribution is 2.32. The Morgan fingerprint density at radius 2 is 1.96 bits per heavy atom. The number of hydrogen-bond donors (Lipinski definition) is 2. The van der Waals surface area contributed by atoms with Crippen LogP contribution in [0.2, 0.25) is 0 Å². The first-order valence-corrected chi connectivity index (χ1v) is 7.24. The quantitative estimate of drug-likeness (QED) is 0.710. The Kier molecular flexibility index (Phi) is 4.07. The highest BCUT2D eigenvalue weighted by atomic mass is 19.4. The van der Waals surface area contributed by atoms with Gasteiger partial charge in [-0.1, -0.05) is 18.2 Å². The molecule has 3 rings (SSSR count). The van der Waals surface area contributed by atoms with Crippen LogP contribution in [-0.4, -0.2) is 19.9 Å². The summed E-state index contributed by atoms with van der Waals surface area (Å²) in [4.78, 5) is 19.7. The van der Waals surface area contributed by atoms with Gasteiger partial charge < -0.3 is 10.5 Å². The molecule has 0 unspecified atom stereocenters. The van der Waals surface area contributed by atoms with Gasteiger partial charge in [0.2, 0.25) is 0 Å². The van der Waals surface area contributed by atoms with Gasteiger partial charge in [0.25, 0.3) is 5.56 Å². The lowest BCUT2D eigenvalue weighted by atomic mass is 10.1. The molecule has 2 N–H and O–H groups in total. The summed E-state index contributed by atoms with van der Waals surface area (Å²) in [5.74, 6) is 0. The summed E-state index contributed by atoms with van der Waals surface area (Å²) in [7, 11) is 0. The zero-order chi connectivity index (χ0) is 18.2. The van der Waals surface area contributed by atoms with Crippen molar-refractivity contribution in [3.05, 3.63) is 63.8 Å². The molecule has 130 valence electrons. The molecule has 0 radical (unpaired) electrons. The van der Waals surface area contributed by atoms with Gasteiger partial charge in [-0.2, -0.15) is 13.2 Å². The molecule has 0 bridgehead atoms. The average molecular weight is 350 g/mol. The van der Waals surface area contributed by atoms with Crippen LogP contribution in [0.25, 0.3) is 11.0 Å². The van der Waals surface area contributed by atoms with E-state index in [1.165, 1.54) is 24.5 Å². The van der Waals surface area contributed by atoms with Crippen molar-refractivity contribution in [1.82, 2.24) is 14.7 Å². The number of aryl methyl sites for hydroxylation is 1. The van der Waals surface area contributed by atoms with Crippen LogP contribution < -0.4 is 10.9 Å². The average Bonchev–Trinajstić information content (AvgIpc) is 2.56. The lowest BCUT2D eigenvalue weighted by molar-refractivity contribution is -0.138. The number of rotatable bonds is 3. The van der Waals surface area contributed by atoms with Crippen molar-refractivity contribution in [1.29, 1.82) is 0 Å². The molecular formula is C16H13F3N4O2. The van der Waals surface area contributed by atoms with Gasteiger partial charge in [-0.05, 0) is 18.6 Å². The second-order valence-corrected chi connectivity index (χ2v) is 5.37. The second kappa shape index (κ2) is 6.08. The lowest BCUT2D eigenvalue weighted by Gasteiger charge is -2.15. The number of nitrogens with one attached hydrogen (secondary N) is 1. The maximum Gasteiger partial charge on any atom is 0.416 e. The van der Waals surface area contributed by atoms with E-state index in [4.69, 9.17) is 0 Å². The van der Waals surface area contributed by atoms with Crippen molar-refractivity contribution in [3.63, 3.8) is 0 Å². The summed E-state index contributed by atoms with van der Waals surface area (Å²) >= 11 is 0. The molecule has 0 amide bonds. The summed E-state index contributed by atoms with van der Waals surface area (Å²) in [6.07, 6.45) is -3.29. The van der Waals surface area contributed by atoms with Gasteiger partial charge in [-0.3, -0.25) is 4.79 Å². The van der Waals surface area contributed by atoms with Crippen LogP contribution in [0.15, 0.2) is 41.5 Å². The topological polar surface area (TPSA) is 80.0 Å². The smallest absolute Gasteiger partial charge is 0.416 e. The van der Waals surface area contributed by atoms with Gasteiger partial charge in [0.05, 0.1) is 22.3 Å². The van der Waals surface area contributed by atoms with Crippen molar-refractivity contribution >= 4 is 16.7 Å². The van der Waals surface area contributed by atoms with E-state index in [2.05, 4.69) is 15.3 Å². The number of fused-ring (bicyclic) bond motifs is 1. The summed E-state index contributed by atoms with van der Waals surface area (Å²) in [5, 5.41) is 13.0. The first-order valence-electron chi connectivity index (χ1n) is 7.24. The molecule has 0 fully saturated rings. The number of pyridine rings is 1. The Balaban J connectivity index is 2.04. The minimum Gasteiger partial charge on any atom is -0.423 e. The highest BCUT2D eigenvalue weighted by Gasteiger charge is 2.32. The SMILES string of the molecule is Cc1ncnc2c1c(NCc1ccccc1C(F)(F)F)cc(=O)n2O. The third-order valence-electron chi connectivity index (χ3n) is 3.76. The zero-order valence-corrected chi connectivity index (χ0v) is 13.0. The minimum atomic E-state index is -4.48. The van der Waals surface area contributed by atoms with Gasteiger partial charge in [0.15, 0.2) is 5.65 Å². The Bertz CT molecular complexity index is 999. The van der Waals surface area contributed by atoms with Crippen LogP contribution in [0.5, 0.6) is 0 Å². The summed E-state index contributed by atoms with van der Waals surface area (Å²) in [6.45, 7) is 1.48. The maximum atomic E-state index is 13.1. The van der Waals surface area contributed by atoms with Gasteiger partial charge in [-0.25, -0.2) is 9.97 Å². The van der Waals surface area contributed by atoms with E-state index in [0.29, 0.717) is 15.8 Å². The van der Waals surface area contributed by atoms with Gasteiger partial charge in [0, 0.05) is 12.6 Å². The zero-order valence-electron chi connectivity index (χ0n) is 13.0. The van der Waals surface area contributed by atoms with E-state index in [1.807, 2.05) is 0 Å². The Morgan fingerprint density at radius 1 is 1.24 bits per heavy atom. The number of hydrogen-bond acceptors (Lipinski definition) is 5. The number of aromatic nitrogens is 3. The van der Waals surface area contributed by atoms with Crippen LogP contribution in [0.3, 0.4) is 0 Å². The first kappa shape index (κ1) is 16.7. The van der Waals surface area contributed by atoms with Crippen molar-refractivity contribution < 1.29 is 18.4 Å². The van der Waals surface area contributed by atoms with E-state index in [1.54, 1.807) is 6.92 Å². The molecule has 1 aromatic carbocycles. The highest BCUT2D eigenvalue weighted by molar-refractivity contribution is 5.90. The van der Waals surface area contributed by atoms with Gasteiger partial charge in [-0.15, -0.1) is 4.73 Å². The normalized spacial score (nSPS) is 11.7. The number of alkyl halides is 3. The number of benzene rings is 1. The first-order chi connectivity index (χ1) is 11.8. The fraction of sp³-hybridized carbons (Fsp3) is 0.188. The molecule has 0 saturated carbocycles. The van der Waals surface area contributed by atoms with E-state index < -0.39 is 17.3 Å². The van der Waals surface area contributed by atoms with Crippen LogP contribution in [-0.2, 0) is 12.7 Å². The fourth-order valence-electron chi connectivity index (χ4n) is 2.58. The summed E-state index contributed by atoms with van der Waals surface area (Å²) in [5.41, 5.74) is -0.773. The largest absolute Gasteiger partial charge is 0.423 e. The van der Waals surface area contributed by atoms with E-state index in [9.17, 15) is 23.2 Å². The molecule has 0 aliphatic heterocycles. The van der Waals surface area contributed by atoms with E-state index in [-0.39, 0.29) is 23.4 Å². The molecule has 2 aromatic heterocycles. The van der Waals surface area contributed by atoms with Gasteiger partial charge >= 0.3 is 6.18 Å². The number of nitrogens with zero attached hydrogens (tertiary/aromatic N) is 3. The molecule has 2 heterocycles. The summed E-state index contributed by atoms with van der Waals surface area (Å²) < 4.78 is 39.6. The molecule has 0 aliphatic carbocycles. The summed E-state index contributed by atoms with van der Waals surface area (Å²) in [6, 6.07) is 6.26. The van der Waals surface area contributed by atoms with Crippen molar-refractivity contribution in [2.75, 3.05) is 5.32 Å². The number of anilines is 1. The maximum absolute atomic E-state index is 13.1. The molecule has 3 aromatic rings. The molecular weight excluding hydrogens is 337 g/mol. The fourth-order valence-corrected chi connectivity index (χ4v) is 2.58. The molecule has 6 nitrogen and oxygen atoms in total. The lowest BCUT2D eigenvalue weighted by Crippen LogP contribution is -2.20. The van der Waals surface area contributed by atoms with Crippen molar-refractivity contribution in [2.45, 2.75) is 19.6 Å². The van der Waals surface area contributed by atoms with Gasteiger partial charge in [0.1, 0.15) is 6.33 Å². The Labute approximate surface area is 139 Å². The minimum absolute atomic E-state index is 0.0217. The number of halogens is 3. The van der Waals surface area contributed by atoms with Crippen LogP contribution in [0, 0.1) is 6.92 Å². The standard InChI is InChI=1S/C16H13F3N4O2/c1-9-14-12(6-13(24)23(25)15(14)22-8-21-9)20-7-10-4-2-3-5-11(10)16(17,18)19/h2-6,8,20,25H,7H2,1H3. The predicted octanol–water partition coefficient (Wildman–Crippen LogP) is 2.97. The Morgan fingerprint density at radius 3 is 2.68 bits per heavy atom. The molecule has 25 heavy (non-hydrogen) atoms.